The van der Waals surface area contributed by atoms with Crippen molar-refractivity contribution in [2.24, 2.45) is 0 Å². The van der Waals surface area contributed by atoms with E-state index in [9.17, 15) is 0 Å². The Labute approximate surface area is 109 Å². The average Bonchev–Trinajstić information content (AvgIpc) is 2.29. The first-order valence-electron chi connectivity index (χ1n) is 4.93. The fourth-order valence-electron chi connectivity index (χ4n) is 1.25. The second-order valence-electron chi connectivity index (χ2n) is 3.14. The minimum absolute atomic E-state index is 0.445. The Morgan fingerprint density at radius 3 is 2.38 bits per heavy atom. The predicted molar refractivity (Wildman–Crippen MR) is 69.0 cm³/mol. The van der Waals surface area contributed by atoms with Gasteiger partial charge in [-0.2, -0.15) is 0 Å². The SMILES string of the molecule is Cc1c([Si])ccc(OCCCl)c1OCCCl. The quantitative estimate of drug-likeness (QED) is 0.584. The lowest BCUT2D eigenvalue weighted by Crippen LogP contribution is -2.12. The average molecular weight is 276 g/mol. The minimum atomic E-state index is 0.445. The molecule has 0 fully saturated rings. The van der Waals surface area contributed by atoms with E-state index in [1.807, 2.05) is 19.1 Å². The Kier molecular flexibility index (Phi) is 6.02. The molecule has 1 aromatic carbocycles. The van der Waals surface area contributed by atoms with Gasteiger partial charge in [0.1, 0.15) is 13.2 Å². The van der Waals surface area contributed by atoms with Gasteiger partial charge in [0, 0.05) is 0 Å². The van der Waals surface area contributed by atoms with Gasteiger partial charge in [0.15, 0.2) is 11.5 Å². The summed E-state index contributed by atoms with van der Waals surface area (Å²) in [6, 6.07) is 3.77. The van der Waals surface area contributed by atoms with Gasteiger partial charge in [-0.05, 0) is 18.6 Å². The van der Waals surface area contributed by atoms with Crippen molar-refractivity contribution in [3.05, 3.63) is 17.7 Å². The van der Waals surface area contributed by atoms with E-state index >= 15 is 0 Å². The van der Waals surface area contributed by atoms with Crippen LogP contribution in [0.4, 0.5) is 0 Å². The van der Waals surface area contributed by atoms with Crippen LogP contribution in [0.1, 0.15) is 5.56 Å². The molecule has 0 aliphatic rings. The van der Waals surface area contributed by atoms with E-state index in [-0.39, 0.29) is 0 Å². The molecule has 0 aliphatic heterocycles. The van der Waals surface area contributed by atoms with Gasteiger partial charge in [-0.15, -0.1) is 23.2 Å². The van der Waals surface area contributed by atoms with Crippen LogP contribution in [0.5, 0.6) is 11.5 Å². The maximum Gasteiger partial charge on any atom is 0.163 e. The van der Waals surface area contributed by atoms with Crippen LogP contribution in [-0.4, -0.2) is 35.2 Å². The molecule has 0 heterocycles. The molecule has 2 nitrogen and oxygen atoms in total. The molecule has 16 heavy (non-hydrogen) atoms. The molecule has 0 saturated heterocycles. The van der Waals surface area contributed by atoms with Crippen LogP contribution in [-0.2, 0) is 0 Å². The van der Waals surface area contributed by atoms with Crippen molar-refractivity contribution in [3.63, 3.8) is 0 Å². The van der Waals surface area contributed by atoms with Gasteiger partial charge in [0.05, 0.1) is 22.0 Å². The summed E-state index contributed by atoms with van der Waals surface area (Å²) in [7, 11) is 3.50. The summed E-state index contributed by atoms with van der Waals surface area (Å²) in [5.41, 5.74) is 0.994. The van der Waals surface area contributed by atoms with Gasteiger partial charge in [-0.1, -0.05) is 11.3 Å². The molecule has 5 heteroatoms. The van der Waals surface area contributed by atoms with Gasteiger partial charge in [-0.25, -0.2) is 0 Å². The number of benzene rings is 1. The summed E-state index contributed by atoms with van der Waals surface area (Å²) in [5, 5.41) is 0.975. The lowest BCUT2D eigenvalue weighted by atomic mass is 10.2. The molecule has 0 bridgehead atoms. The van der Waals surface area contributed by atoms with Crippen molar-refractivity contribution in [1.29, 1.82) is 0 Å². The topological polar surface area (TPSA) is 18.5 Å². The minimum Gasteiger partial charge on any atom is -0.488 e. The molecule has 1 aromatic rings. The summed E-state index contributed by atoms with van der Waals surface area (Å²) in [5.74, 6) is 2.31. The molecule has 0 spiro atoms. The molecular weight excluding hydrogens is 263 g/mol. The molecule has 0 saturated carbocycles. The van der Waals surface area contributed by atoms with Gasteiger partial charge < -0.3 is 9.47 Å². The highest BCUT2D eigenvalue weighted by atomic mass is 35.5. The Morgan fingerprint density at radius 2 is 1.75 bits per heavy atom. The smallest absolute Gasteiger partial charge is 0.163 e. The fraction of sp³-hybridized carbons (Fsp3) is 0.455. The molecule has 3 radical (unpaired) electrons. The standard InChI is InChI=1S/C11H13Cl2O2Si/c1-8-10(16)3-2-9(14-6-4-12)11(8)15-7-5-13/h2-3H,4-7H2,1H3. The molecule has 87 valence electrons. The zero-order valence-electron chi connectivity index (χ0n) is 9.06. The van der Waals surface area contributed by atoms with Crippen molar-refractivity contribution in [1.82, 2.24) is 0 Å². The summed E-state index contributed by atoms with van der Waals surface area (Å²) < 4.78 is 11.1. The zero-order valence-corrected chi connectivity index (χ0v) is 11.6. The molecule has 0 aromatic heterocycles. The van der Waals surface area contributed by atoms with Crippen LogP contribution >= 0.6 is 23.2 Å². The van der Waals surface area contributed by atoms with Crippen LogP contribution in [0, 0.1) is 6.92 Å². The second-order valence-corrected chi connectivity index (χ2v) is 4.43. The normalized spacial score (nSPS) is 10.2. The van der Waals surface area contributed by atoms with E-state index in [1.165, 1.54) is 0 Å². The summed E-state index contributed by atoms with van der Waals surface area (Å²) >= 11 is 11.2. The number of alkyl halides is 2. The van der Waals surface area contributed by atoms with E-state index < -0.39 is 0 Å². The van der Waals surface area contributed by atoms with Crippen molar-refractivity contribution < 1.29 is 9.47 Å². The van der Waals surface area contributed by atoms with E-state index in [4.69, 9.17) is 32.7 Å². The molecule has 1 rings (SSSR count). The second kappa shape index (κ2) is 7.04. The Balaban J connectivity index is 2.91. The van der Waals surface area contributed by atoms with Gasteiger partial charge in [-0.3, -0.25) is 0 Å². The van der Waals surface area contributed by atoms with Crippen LogP contribution in [0.25, 0.3) is 0 Å². The largest absolute Gasteiger partial charge is 0.488 e. The van der Waals surface area contributed by atoms with Crippen LogP contribution in [0.2, 0.25) is 0 Å². The maximum atomic E-state index is 5.60. The first kappa shape index (κ1) is 13.7. The lowest BCUT2D eigenvalue weighted by Gasteiger charge is -2.15. The number of rotatable bonds is 6. The van der Waals surface area contributed by atoms with Crippen LogP contribution in [0.3, 0.4) is 0 Å². The molecule has 0 N–H and O–H groups in total. The van der Waals surface area contributed by atoms with E-state index in [2.05, 4.69) is 10.2 Å². The third-order valence-electron chi connectivity index (χ3n) is 2.03. The van der Waals surface area contributed by atoms with Gasteiger partial charge in [0.2, 0.25) is 0 Å². The number of halogens is 2. The zero-order chi connectivity index (χ0) is 12.0. The van der Waals surface area contributed by atoms with Gasteiger partial charge in [0.25, 0.3) is 0 Å². The monoisotopic (exact) mass is 275 g/mol. The van der Waals surface area contributed by atoms with E-state index in [0.717, 1.165) is 16.5 Å². The summed E-state index contributed by atoms with van der Waals surface area (Å²) in [6.07, 6.45) is 0. The maximum absolute atomic E-state index is 5.60. The van der Waals surface area contributed by atoms with Crippen molar-refractivity contribution in [2.75, 3.05) is 25.0 Å². The lowest BCUT2D eigenvalue weighted by molar-refractivity contribution is 0.289. The number of hydrogen-bond donors (Lipinski definition) is 0. The number of ether oxygens (including phenoxy) is 2. The molecule has 0 unspecified atom stereocenters. The summed E-state index contributed by atoms with van der Waals surface area (Å²) in [6.45, 7) is 2.87. The molecular formula is C11H13Cl2O2Si. The Hall–Kier alpha value is -0.383. The third kappa shape index (κ3) is 3.58. The molecule has 0 amide bonds. The van der Waals surface area contributed by atoms with Crippen LogP contribution in [0.15, 0.2) is 12.1 Å². The Bertz CT molecular complexity index is 345. The van der Waals surface area contributed by atoms with E-state index in [0.29, 0.717) is 30.7 Å². The Morgan fingerprint density at radius 1 is 1.12 bits per heavy atom. The van der Waals surface area contributed by atoms with Crippen molar-refractivity contribution >= 4 is 38.6 Å². The first-order chi connectivity index (χ1) is 7.70. The number of hydrogen-bond acceptors (Lipinski definition) is 2. The highest BCUT2D eigenvalue weighted by Crippen LogP contribution is 2.29. The van der Waals surface area contributed by atoms with Crippen LogP contribution < -0.4 is 14.7 Å². The highest BCUT2D eigenvalue weighted by molar-refractivity contribution is 6.33. The fourth-order valence-corrected chi connectivity index (χ4v) is 1.60. The third-order valence-corrected chi connectivity index (χ3v) is 2.88. The van der Waals surface area contributed by atoms with Crippen molar-refractivity contribution in [3.8, 4) is 11.5 Å². The van der Waals surface area contributed by atoms with Gasteiger partial charge >= 0.3 is 0 Å². The highest BCUT2D eigenvalue weighted by Gasteiger charge is 2.10. The predicted octanol–water partition coefficient (Wildman–Crippen LogP) is 2.02. The summed E-state index contributed by atoms with van der Waals surface area (Å²) in [4.78, 5) is 0. The molecule has 0 atom stereocenters. The molecule has 0 aliphatic carbocycles. The van der Waals surface area contributed by atoms with Crippen molar-refractivity contribution in [2.45, 2.75) is 6.92 Å². The first-order valence-corrected chi connectivity index (χ1v) is 6.50. The van der Waals surface area contributed by atoms with E-state index in [1.54, 1.807) is 0 Å².